The van der Waals surface area contributed by atoms with E-state index in [1.807, 2.05) is 6.92 Å². The molecule has 2 heterocycles. The number of amides is 1. The van der Waals surface area contributed by atoms with Gasteiger partial charge in [-0.05, 0) is 71.7 Å². The largest absolute Gasteiger partial charge is 0.449 e. The van der Waals surface area contributed by atoms with Gasteiger partial charge >= 0.3 is 11.8 Å². The highest BCUT2D eigenvalue weighted by molar-refractivity contribution is 14.1. The summed E-state index contributed by atoms with van der Waals surface area (Å²) in [6, 6.07) is 0. The van der Waals surface area contributed by atoms with Crippen molar-refractivity contribution in [3.8, 4) is 0 Å². The highest BCUT2D eigenvalue weighted by Crippen LogP contribution is 2.45. The summed E-state index contributed by atoms with van der Waals surface area (Å²) in [4.78, 5) is 30.0. The average Bonchev–Trinajstić information content (AvgIpc) is 3.09. The lowest BCUT2D eigenvalue weighted by Gasteiger charge is -2.44. The van der Waals surface area contributed by atoms with E-state index in [1.54, 1.807) is 6.20 Å². The maximum atomic E-state index is 13.4. The second-order valence-electron chi connectivity index (χ2n) is 14.0. The highest BCUT2D eigenvalue weighted by atomic mass is 127. The average molecular weight is 710 g/mol. The Morgan fingerprint density at radius 1 is 1.05 bits per heavy atom. The van der Waals surface area contributed by atoms with Crippen molar-refractivity contribution >= 4 is 51.1 Å². The van der Waals surface area contributed by atoms with E-state index >= 15 is 0 Å². The Kier molecular flexibility index (Phi) is 11.7. The topological polar surface area (TPSA) is 101 Å². The smallest absolute Gasteiger partial charge is 0.412 e. The van der Waals surface area contributed by atoms with E-state index in [9.17, 15) is 9.59 Å². The van der Waals surface area contributed by atoms with Gasteiger partial charge in [-0.25, -0.2) is 9.59 Å². The number of nitrogens with one attached hydrogen (secondary N) is 1. The lowest BCUT2D eigenvalue weighted by molar-refractivity contribution is -0.0311. The number of hydrogen-bond acceptors (Lipinski definition) is 7. The minimum Gasteiger partial charge on any atom is -0.449 e. The van der Waals surface area contributed by atoms with E-state index in [-0.39, 0.29) is 28.1 Å². The SMILES string of the molecule is CCC(CC)COC(=O)Nc1nc(=O)n([C@@H]2O[C@H](C)[C@@H](O[Si](C)(C)C(C)(C)C)[C@H]2O[Si](C)(C)C(C)(C)C)cc1I. The predicted molar refractivity (Wildman–Crippen MR) is 174 cm³/mol. The Hall–Kier alpha value is -0.806. The molecule has 40 heavy (non-hydrogen) atoms. The van der Waals surface area contributed by atoms with Crippen LogP contribution in [0, 0.1) is 9.49 Å². The third kappa shape index (κ3) is 8.39. The van der Waals surface area contributed by atoms with Crippen molar-refractivity contribution in [3.05, 3.63) is 20.3 Å². The van der Waals surface area contributed by atoms with E-state index in [2.05, 4.69) is 114 Å². The van der Waals surface area contributed by atoms with Crippen LogP contribution in [0.15, 0.2) is 11.0 Å². The summed E-state index contributed by atoms with van der Waals surface area (Å²) < 4.78 is 27.7. The summed E-state index contributed by atoms with van der Waals surface area (Å²) in [6.45, 7) is 28.5. The van der Waals surface area contributed by atoms with E-state index in [4.69, 9.17) is 18.3 Å². The standard InChI is InChI=1S/C28H52IN3O6Si2/c1-14-19(15-2)17-35-26(34)31-23-20(29)16-32(25(33)30-23)24-22(38-40(12,13)28(7,8)9)21(18(3)36-24)37-39(10,11)27(4,5)6/h16,18-19,21-22,24H,14-15,17H2,1-13H3,(H,30,31,33,34)/t18-,21-,22-,24-/m1/s1. The number of aromatic nitrogens is 2. The van der Waals surface area contributed by atoms with Crippen LogP contribution in [0.2, 0.25) is 36.3 Å². The zero-order chi connectivity index (χ0) is 30.8. The van der Waals surface area contributed by atoms with Gasteiger partial charge in [0.05, 0.1) is 16.3 Å². The van der Waals surface area contributed by atoms with Crippen molar-refractivity contribution in [2.75, 3.05) is 11.9 Å². The molecule has 0 spiro atoms. The number of nitrogens with zero attached hydrogens (tertiary/aromatic N) is 2. The summed E-state index contributed by atoms with van der Waals surface area (Å²) in [5.41, 5.74) is -0.537. The van der Waals surface area contributed by atoms with Crippen molar-refractivity contribution in [1.82, 2.24) is 9.55 Å². The van der Waals surface area contributed by atoms with Crippen LogP contribution in [-0.2, 0) is 18.3 Å². The van der Waals surface area contributed by atoms with Gasteiger partial charge in [-0.3, -0.25) is 9.88 Å². The molecule has 230 valence electrons. The summed E-state index contributed by atoms with van der Waals surface area (Å²) in [6.07, 6.45) is 1.04. The Balaban J connectivity index is 2.44. The zero-order valence-electron chi connectivity index (χ0n) is 26.8. The predicted octanol–water partition coefficient (Wildman–Crippen LogP) is 7.53. The number of carbonyl (C=O) groups is 1. The Labute approximate surface area is 256 Å². The molecule has 0 radical (unpaired) electrons. The van der Waals surface area contributed by atoms with Gasteiger partial charge in [0.15, 0.2) is 28.7 Å². The van der Waals surface area contributed by atoms with Crippen molar-refractivity contribution in [2.24, 2.45) is 5.92 Å². The molecule has 9 nitrogen and oxygen atoms in total. The van der Waals surface area contributed by atoms with Crippen LogP contribution < -0.4 is 11.0 Å². The van der Waals surface area contributed by atoms with Crippen molar-refractivity contribution < 1.29 is 23.1 Å². The van der Waals surface area contributed by atoms with Gasteiger partial charge in [-0.15, -0.1) is 0 Å². The van der Waals surface area contributed by atoms with Gasteiger partial charge in [0.2, 0.25) is 0 Å². The van der Waals surface area contributed by atoms with Crippen LogP contribution >= 0.6 is 22.6 Å². The van der Waals surface area contributed by atoms with Gasteiger partial charge in [0.1, 0.15) is 12.2 Å². The molecule has 1 aliphatic heterocycles. The van der Waals surface area contributed by atoms with Crippen LogP contribution in [-0.4, -0.2) is 57.2 Å². The summed E-state index contributed by atoms with van der Waals surface area (Å²) in [7, 11) is -4.47. The molecule has 1 aromatic heterocycles. The van der Waals surface area contributed by atoms with Crippen LogP contribution in [0.1, 0.15) is 81.4 Å². The molecule has 1 aromatic rings. The summed E-state index contributed by atoms with van der Waals surface area (Å²) in [5.74, 6) is 0.463. The van der Waals surface area contributed by atoms with Crippen molar-refractivity contribution in [1.29, 1.82) is 0 Å². The van der Waals surface area contributed by atoms with Crippen LogP contribution in [0.4, 0.5) is 10.6 Å². The van der Waals surface area contributed by atoms with Crippen LogP contribution in [0.5, 0.6) is 0 Å². The highest BCUT2D eigenvalue weighted by Gasteiger charge is 2.53. The molecule has 0 unspecified atom stereocenters. The van der Waals surface area contributed by atoms with Gasteiger partial charge in [0, 0.05) is 6.20 Å². The number of carbonyl (C=O) groups excluding carboxylic acids is 1. The number of ether oxygens (including phenoxy) is 2. The molecule has 0 aliphatic carbocycles. The second-order valence-corrected chi connectivity index (χ2v) is 24.6. The van der Waals surface area contributed by atoms with Crippen LogP contribution in [0.3, 0.4) is 0 Å². The molecule has 1 N–H and O–H groups in total. The molecule has 1 fully saturated rings. The fraction of sp³-hybridized carbons (Fsp3) is 0.821. The lowest BCUT2D eigenvalue weighted by atomic mass is 10.1. The van der Waals surface area contributed by atoms with E-state index in [1.165, 1.54) is 4.57 Å². The third-order valence-corrected chi connectivity index (χ3v) is 18.6. The summed E-state index contributed by atoms with van der Waals surface area (Å²) >= 11 is 2.07. The lowest BCUT2D eigenvalue weighted by Crippen LogP contribution is -2.53. The van der Waals surface area contributed by atoms with Crippen LogP contribution in [0.25, 0.3) is 0 Å². The van der Waals surface area contributed by atoms with E-state index in [0.717, 1.165) is 12.8 Å². The van der Waals surface area contributed by atoms with E-state index in [0.29, 0.717) is 16.1 Å². The first-order chi connectivity index (χ1) is 18.1. The van der Waals surface area contributed by atoms with Gasteiger partial charge in [-0.2, -0.15) is 4.98 Å². The molecule has 1 aliphatic rings. The molecule has 2 rings (SSSR count). The summed E-state index contributed by atoms with van der Waals surface area (Å²) in [5, 5.41) is 2.58. The minimum absolute atomic E-state index is 0.00367. The zero-order valence-corrected chi connectivity index (χ0v) is 31.0. The molecule has 1 amide bonds. The van der Waals surface area contributed by atoms with Gasteiger partial charge in [-0.1, -0.05) is 68.2 Å². The molecule has 0 aromatic carbocycles. The van der Waals surface area contributed by atoms with Gasteiger partial charge < -0.3 is 18.3 Å². The molecule has 0 saturated carbocycles. The number of hydrogen-bond donors (Lipinski definition) is 1. The number of halogens is 1. The number of rotatable bonds is 10. The third-order valence-electron chi connectivity index (χ3n) is 8.90. The van der Waals surface area contributed by atoms with Crippen molar-refractivity contribution in [2.45, 2.75) is 136 Å². The second kappa shape index (κ2) is 13.2. The molecular formula is C28H52IN3O6Si2. The normalized spacial score (nSPS) is 22.6. The number of anilines is 1. The minimum atomic E-state index is -2.28. The first-order valence-corrected chi connectivity index (χ1v) is 21.3. The molecule has 0 bridgehead atoms. The first kappa shape index (κ1) is 35.4. The Bertz CT molecular complexity index is 1080. The quantitative estimate of drug-likeness (QED) is 0.198. The maximum absolute atomic E-state index is 13.4. The monoisotopic (exact) mass is 709 g/mol. The molecule has 1 saturated heterocycles. The molecule has 4 atom stereocenters. The molecular weight excluding hydrogens is 657 g/mol. The van der Waals surface area contributed by atoms with Crippen molar-refractivity contribution in [3.63, 3.8) is 0 Å². The Morgan fingerprint density at radius 3 is 2.02 bits per heavy atom. The fourth-order valence-electron chi connectivity index (χ4n) is 3.92. The van der Waals surface area contributed by atoms with E-state index < -0.39 is 40.7 Å². The molecule has 12 heteroatoms. The maximum Gasteiger partial charge on any atom is 0.412 e. The van der Waals surface area contributed by atoms with Gasteiger partial charge in [0.25, 0.3) is 0 Å². The Morgan fingerprint density at radius 2 is 1.55 bits per heavy atom. The fourth-order valence-corrected chi connectivity index (χ4v) is 7.12. The first-order valence-electron chi connectivity index (χ1n) is 14.4.